The van der Waals surface area contributed by atoms with Gasteiger partial charge in [0.2, 0.25) is 5.89 Å². The second kappa shape index (κ2) is 3.57. The van der Waals surface area contributed by atoms with Crippen LogP contribution < -0.4 is 0 Å². The van der Waals surface area contributed by atoms with Gasteiger partial charge in [0, 0.05) is 10.6 Å². The van der Waals surface area contributed by atoms with Gasteiger partial charge in [-0.25, -0.2) is 4.98 Å². The molecule has 0 atom stereocenters. The molecule has 14 heavy (non-hydrogen) atoms. The second-order valence-electron chi connectivity index (χ2n) is 2.69. The van der Waals surface area contributed by atoms with Crippen molar-refractivity contribution in [2.45, 2.75) is 0 Å². The van der Waals surface area contributed by atoms with Gasteiger partial charge in [-0.3, -0.25) is 0 Å². The Kier molecular flexibility index (Phi) is 2.26. The molecule has 0 saturated heterocycles. The topological polar surface area (TPSA) is 26.0 Å². The van der Waals surface area contributed by atoms with E-state index >= 15 is 0 Å². The average molecular weight is 204 g/mol. The van der Waals surface area contributed by atoms with E-state index in [2.05, 4.69) is 10.9 Å². The first kappa shape index (κ1) is 8.86. The van der Waals surface area contributed by atoms with Crippen molar-refractivity contribution in [1.29, 1.82) is 0 Å². The number of terminal acetylenes is 1. The Balaban J connectivity index is 2.40. The number of benzene rings is 1. The van der Waals surface area contributed by atoms with E-state index < -0.39 is 0 Å². The van der Waals surface area contributed by atoms with Crippen molar-refractivity contribution in [2.24, 2.45) is 0 Å². The number of halogens is 1. The standard InChI is InChI=1S/C11H6ClNO/c1-2-10-7-14-11(13-10)8-3-5-9(12)6-4-8/h1,3-7H. The van der Waals surface area contributed by atoms with E-state index in [1.165, 1.54) is 6.26 Å². The third-order valence-corrected chi connectivity index (χ3v) is 2.00. The number of hydrogen-bond acceptors (Lipinski definition) is 2. The summed E-state index contributed by atoms with van der Waals surface area (Å²) in [4.78, 5) is 4.08. The Hall–Kier alpha value is -1.72. The molecule has 0 amide bonds. The van der Waals surface area contributed by atoms with Gasteiger partial charge in [0.1, 0.15) is 6.26 Å². The monoisotopic (exact) mass is 203 g/mol. The van der Waals surface area contributed by atoms with E-state index in [0.29, 0.717) is 16.6 Å². The minimum Gasteiger partial charge on any atom is -0.443 e. The van der Waals surface area contributed by atoms with Crippen molar-refractivity contribution in [3.05, 3.63) is 41.2 Å². The number of aromatic nitrogens is 1. The van der Waals surface area contributed by atoms with Gasteiger partial charge in [0.25, 0.3) is 0 Å². The van der Waals surface area contributed by atoms with E-state index in [4.69, 9.17) is 22.4 Å². The number of hydrogen-bond donors (Lipinski definition) is 0. The number of nitrogens with zero attached hydrogens (tertiary/aromatic N) is 1. The maximum atomic E-state index is 5.75. The second-order valence-corrected chi connectivity index (χ2v) is 3.13. The Bertz CT molecular complexity index is 479. The third kappa shape index (κ3) is 1.63. The smallest absolute Gasteiger partial charge is 0.227 e. The first-order valence-electron chi connectivity index (χ1n) is 3.97. The van der Waals surface area contributed by atoms with E-state index in [9.17, 15) is 0 Å². The van der Waals surface area contributed by atoms with Gasteiger partial charge in [-0.05, 0) is 30.2 Å². The molecule has 1 aromatic heterocycles. The SMILES string of the molecule is C#Cc1coc(-c2ccc(Cl)cc2)n1. The summed E-state index contributed by atoms with van der Waals surface area (Å²) in [7, 11) is 0. The van der Waals surface area contributed by atoms with Crippen LogP contribution in [0, 0.1) is 12.3 Å². The normalized spacial score (nSPS) is 9.71. The fourth-order valence-electron chi connectivity index (χ4n) is 1.07. The number of rotatable bonds is 1. The highest BCUT2D eigenvalue weighted by Gasteiger charge is 2.04. The van der Waals surface area contributed by atoms with Crippen molar-refractivity contribution in [3.8, 4) is 23.8 Å². The summed E-state index contributed by atoms with van der Waals surface area (Å²) in [5.74, 6) is 2.91. The third-order valence-electron chi connectivity index (χ3n) is 1.74. The Labute approximate surface area is 86.5 Å². The van der Waals surface area contributed by atoms with E-state index in [0.717, 1.165) is 5.56 Å². The molecule has 2 nitrogen and oxygen atoms in total. The quantitative estimate of drug-likeness (QED) is 0.666. The molecule has 0 aliphatic heterocycles. The summed E-state index contributed by atoms with van der Waals surface area (Å²) in [5.41, 5.74) is 1.35. The summed E-state index contributed by atoms with van der Waals surface area (Å²) in [6.07, 6.45) is 6.62. The van der Waals surface area contributed by atoms with Gasteiger partial charge in [0.05, 0.1) is 0 Å². The van der Waals surface area contributed by atoms with Crippen LogP contribution in [0.4, 0.5) is 0 Å². The van der Waals surface area contributed by atoms with Crippen molar-refractivity contribution in [3.63, 3.8) is 0 Å². The Morgan fingerprint density at radius 3 is 2.57 bits per heavy atom. The van der Waals surface area contributed by atoms with Gasteiger partial charge in [0.15, 0.2) is 5.69 Å². The van der Waals surface area contributed by atoms with Crippen LogP contribution in [0.5, 0.6) is 0 Å². The van der Waals surface area contributed by atoms with E-state index in [1.807, 2.05) is 12.1 Å². The fraction of sp³-hybridized carbons (Fsp3) is 0. The molecule has 0 aliphatic rings. The predicted molar refractivity (Wildman–Crippen MR) is 54.9 cm³/mol. The molecule has 2 aromatic rings. The highest BCUT2D eigenvalue weighted by molar-refractivity contribution is 6.30. The number of oxazole rings is 1. The molecule has 1 heterocycles. The summed E-state index contributed by atoms with van der Waals surface area (Å²) < 4.78 is 5.18. The minimum atomic E-state index is 0.495. The Morgan fingerprint density at radius 1 is 1.29 bits per heavy atom. The summed E-state index contributed by atoms with van der Waals surface area (Å²) in [6, 6.07) is 7.20. The van der Waals surface area contributed by atoms with Crippen molar-refractivity contribution < 1.29 is 4.42 Å². The van der Waals surface area contributed by atoms with E-state index in [-0.39, 0.29) is 0 Å². The van der Waals surface area contributed by atoms with Crippen molar-refractivity contribution >= 4 is 11.6 Å². The lowest BCUT2D eigenvalue weighted by Gasteiger charge is -1.93. The van der Waals surface area contributed by atoms with Crippen LogP contribution in [-0.4, -0.2) is 4.98 Å². The zero-order valence-corrected chi connectivity index (χ0v) is 7.95. The molecule has 0 fully saturated rings. The molecule has 0 radical (unpaired) electrons. The van der Waals surface area contributed by atoms with Gasteiger partial charge in [-0.15, -0.1) is 6.42 Å². The molecule has 0 aliphatic carbocycles. The largest absolute Gasteiger partial charge is 0.443 e. The zero-order chi connectivity index (χ0) is 9.97. The molecule has 0 unspecified atom stereocenters. The summed E-state index contributed by atoms with van der Waals surface area (Å²) >= 11 is 5.75. The van der Waals surface area contributed by atoms with Gasteiger partial charge in [-0.2, -0.15) is 0 Å². The predicted octanol–water partition coefficient (Wildman–Crippen LogP) is 2.98. The van der Waals surface area contributed by atoms with Crippen LogP contribution in [0.3, 0.4) is 0 Å². The average Bonchev–Trinajstić information content (AvgIpc) is 2.67. The summed E-state index contributed by atoms with van der Waals surface area (Å²) in [6.45, 7) is 0. The molecule has 0 saturated carbocycles. The van der Waals surface area contributed by atoms with Crippen LogP contribution in [-0.2, 0) is 0 Å². The first-order chi connectivity index (χ1) is 6.79. The van der Waals surface area contributed by atoms with Crippen LogP contribution in [0.15, 0.2) is 34.9 Å². The zero-order valence-electron chi connectivity index (χ0n) is 7.20. The molecule has 1 aromatic carbocycles. The molecule has 68 valence electrons. The molecule has 0 N–H and O–H groups in total. The highest BCUT2D eigenvalue weighted by Crippen LogP contribution is 2.20. The van der Waals surface area contributed by atoms with Gasteiger partial charge in [-0.1, -0.05) is 11.6 Å². The lowest BCUT2D eigenvalue weighted by atomic mass is 10.2. The van der Waals surface area contributed by atoms with Crippen LogP contribution in [0.1, 0.15) is 5.69 Å². The Morgan fingerprint density at radius 2 is 2.00 bits per heavy atom. The van der Waals surface area contributed by atoms with Crippen LogP contribution >= 0.6 is 11.6 Å². The van der Waals surface area contributed by atoms with Crippen molar-refractivity contribution in [1.82, 2.24) is 4.98 Å². The molecule has 2 rings (SSSR count). The van der Waals surface area contributed by atoms with Gasteiger partial charge >= 0.3 is 0 Å². The maximum absolute atomic E-state index is 5.75. The van der Waals surface area contributed by atoms with Gasteiger partial charge < -0.3 is 4.42 Å². The minimum absolute atomic E-state index is 0.495. The van der Waals surface area contributed by atoms with E-state index in [1.54, 1.807) is 12.1 Å². The lowest BCUT2D eigenvalue weighted by Crippen LogP contribution is -1.77. The molecule has 0 spiro atoms. The van der Waals surface area contributed by atoms with Crippen LogP contribution in [0.2, 0.25) is 5.02 Å². The molecule has 3 heteroatoms. The fourth-order valence-corrected chi connectivity index (χ4v) is 1.19. The maximum Gasteiger partial charge on any atom is 0.227 e. The summed E-state index contributed by atoms with van der Waals surface area (Å²) in [5, 5.41) is 0.678. The first-order valence-corrected chi connectivity index (χ1v) is 4.35. The van der Waals surface area contributed by atoms with Crippen molar-refractivity contribution in [2.75, 3.05) is 0 Å². The highest BCUT2D eigenvalue weighted by atomic mass is 35.5. The molecular formula is C11H6ClNO. The molecule has 0 bridgehead atoms. The molecular weight excluding hydrogens is 198 g/mol. The lowest BCUT2D eigenvalue weighted by molar-refractivity contribution is 0.574. The van der Waals surface area contributed by atoms with Crippen LogP contribution in [0.25, 0.3) is 11.5 Å².